The molecule has 0 bridgehead atoms. The zero-order valence-corrected chi connectivity index (χ0v) is 14.0. The Labute approximate surface area is 135 Å². The first-order valence-electron chi connectivity index (χ1n) is 7.67. The van der Waals surface area contributed by atoms with E-state index in [1.54, 1.807) is 12.1 Å². The summed E-state index contributed by atoms with van der Waals surface area (Å²) >= 11 is 0. The van der Waals surface area contributed by atoms with Crippen LogP contribution in [0.4, 0.5) is 4.79 Å². The van der Waals surface area contributed by atoms with Crippen LogP contribution in [0.2, 0.25) is 0 Å². The maximum atomic E-state index is 11.6. The molecule has 1 aliphatic carbocycles. The lowest BCUT2D eigenvalue weighted by molar-refractivity contribution is 0.0464. The summed E-state index contributed by atoms with van der Waals surface area (Å²) in [5, 5.41) is 6.16. The van der Waals surface area contributed by atoms with Crippen LogP contribution in [0.5, 0.6) is 0 Å². The fourth-order valence-corrected chi connectivity index (χ4v) is 2.30. The highest BCUT2D eigenvalue weighted by Gasteiger charge is 2.31. The highest BCUT2D eigenvalue weighted by Crippen LogP contribution is 2.21. The molecule has 2 N–H and O–H groups in total. The van der Waals surface area contributed by atoms with Crippen molar-refractivity contribution in [2.45, 2.75) is 57.8 Å². The van der Waals surface area contributed by atoms with Crippen molar-refractivity contribution in [3.8, 4) is 0 Å². The second-order valence-electron chi connectivity index (χ2n) is 6.65. The van der Waals surface area contributed by atoms with Gasteiger partial charge < -0.3 is 24.5 Å². The highest BCUT2D eigenvalue weighted by atomic mass is 16.6. The first-order valence-corrected chi connectivity index (χ1v) is 7.67. The second kappa shape index (κ2) is 7.04. The Hall–Kier alpha value is -2.02. The van der Waals surface area contributed by atoms with Gasteiger partial charge in [0.2, 0.25) is 5.76 Å². The minimum Gasteiger partial charge on any atom is -0.463 e. The molecule has 0 saturated heterocycles. The van der Waals surface area contributed by atoms with E-state index in [4.69, 9.17) is 9.15 Å². The van der Waals surface area contributed by atoms with E-state index in [0.29, 0.717) is 18.3 Å². The molecule has 0 aromatic carbocycles. The van der Waals surface area contributed by atoms with Crippen LogP contribution in [0, 0.1) is 0 Å². The van der Waals surface area contributed by atoms with Crippen LogP contribution >= 0.6 is 0 Å². The number of hydrogen-bond donors (Lipinski definition) is 2. The van der Waals surface area contributed by atoms with Gasteiger partial charge in [0, 0.05) is 12.1 Å². The molecule has 1 fully saturated rings. The number of rotatable bonds is 5. The molecular weight excluding hydrogens is 300 g/mol. The molecule has 0 unspecified atom stereocenters. The van der Waals surface area contributed by atoms with Gasteiger partial charge in [-0.2, -0.15) is 0 Å². The third-order valence-corrected chi connectivity index (χ3v) is 3.47. The van der Waals surface area contributed by atoms with Gasteiger partial charge in [0.25, 0.3) is 0 Å². The Bertz CT molecular complexity index is 555. The molecule has 2 rings (SSSR count). The van der Waals surface area contributed by atoms with Gasteiger partial charge in [0.1, 0.15) is 11.4 Å². The van der Waals surface area contributed by atoms with Crippen LogP contribution in [0.3, 0.4) is 0 Å². The fraction of sp³-hybridized carbons (Fsp3) is 0.625. The van der Waals surface area contributed by atoms with Gasteiger partial charge in [-0.05, 0) is 45.7 Å². The maximum Gasteiger partial charge on any atom is 0.407 e. The van der Waals surface area contributed by atoms with Crippen LogP contribution < -0.4 is 10.6 Å². The average molecular weight is 324 g/mol. The van der Waals surface area contributed by atoms with E-state index >= 15 is 0 Å². The molecule has 23 heavy (non-hydrogen) atoms. The summed E-state index contributed by atoms with van der Waals surface area (Å²) in [6, 6.07) is 3.77. The molecule has 1 amide bonds. The van der Waals surface area contributed by atoms with Crippen LogP contribution in [0.1, 0.15) is 49.9 Å². The number of esters is 1. The Morgan fingerprint density at radius 2 is 1.96 bits per heavy atom. The summed E-state index contributed by atoms with van der Waals surface area (Å²) in [5.74, 6) is 0.387. The number of ether oxygens (including phenoxy) is 2. The number of carbonyl (C=O) groups excluding carboxylic acids is 2. The van der Waals surface area contributed by atoms with Crippen molar-refractivity contribution in [2.75, 3.05) is 7.11 Å². The molecule has 128 valence electrons. The summed E-state index contributed by atoms with van der Waals surface area (Å²) < 4.78 is 15.2. The lowest BCUT2D eigenvalue weighted by Gasteiger charge is -2.36. The number of methoxy groups -OCH3 is 1. The van der Waals surface area contributed by atoms with Crippen molar-refractivity contribution in [3.05, 3.63) is 23.7 Å². The highest BCUT2D eigenvalue weighted by molar-refractivity contribution is 5.86. The first kappa shape index (κ1) is 17.3. The van der Waals surface area contributed by atoms with Gasteiger partial charge in [-0.15, -0.1) is 0 Å². The van der Waals surface area contributed by atoms with Crippen LogP contribution in [0.25, 0.3) is 0 Å². The Morgan fingerprint density at radius 1 is 1.26 bits per heavy atom. The van der Waals surface area contributed by atoms with Gasteiger partial charge in [-0.3, -0.25) is 0 Å². The zero-order valence-electron chi connectivity index (χ0n) is 14.0. The average Bonchev–Trinajstić information content (AvgIpc) is 2.87. The van der Waals surface area contributed by atoms with E-state index in [1.807, 2.05) is 20.8 Å². The SMILES string of the molecule is COC(=O)c1ccc(CNC2CC(NC(=O)OC(C)(C)C)C2)o1. The Kier molecular flexibility index (Phi) is 5.30. The third kappa shape index (κ3) is 5.28. The van der Waals surface area contributed by atoms with Gasteiger partial charge in [0.15, 0.2) is 0 Å². The number of nitrogens with one attached hydrogen (secondary N) is 2. The van der Waals surface area contributed by atoms with E-state index in [-0.39, 0.29) is 17.9 Å². The minimum absolute atomic E-state index is 0.129. The number of amides is 1. The molecule has 1 aromatic heterocycles. The summed E-state index contributed by atoms with van der Waals surface area (Å²) in [4.78, 5) is 22.9. The van der Waals surface area contributed by atoms with Crippen molar-refractivity contribution in [1.29, 1.82) is 0 Å². The van der Waals surface area contributed by atoms with Crippen LogP contribution in [-0.2, 0) is 16.0 Å². The maximum absolute atomic E-state index is 11.6. The molecule has 7 nitrogen and oxygen atoms in total. The van der Waals surface area contributed by atoms with Crippen molar-refractivity contribution >= 4 is 12.1 Å². The van der Waals surface area contributed by atoms with Gasteiger partial charge in [0.05, 0.1) is 13.7 Å². The van der Waals surface area contributed by atoms with Gasteiger partial charge >= 0.3 is 12.1 Å². The predicted octanol–water partition coefficient (Wildman–Crippen LogP) is 2.21. The number of hydrogen-bond acceptors (Lipinski definition) is 6. The number of carbonyl (C=O) groups is 2. The number of alkyl carbamates (subject to hydrolysis) is 1. The molecule has 1 aliphatic rings. The van der Waals surface area contributed by atoms with E-state index in [1.165, 1.54) is 7.11 Å². The first-order chi connectivity index (χ1) is 10.8. The van der Waals surface area contributed by atoms with Crippen LogP contribution in [0.15, 0.2) is 16.5 Å². The van der Waals surface area contributed by atoms with Gasteiger partial charge in [-0.1, -0.05) is 0 Å². The molecule has 0 aliphatic heterocycles. The monoisotopic (exact) mass is 324 g/mol. The number of furan rings is 1. The molecule has 1 saturated carbocycles. The molecule has 1 aromatic rings. The molecule has 1 heterocycles. The molecule has 0 atom stereocenters. The second-order valence-corrected chi connectivity index (χ2v) is 6.65. The Morgan fingerprint density at radius 3 is 2.57 bits per heavy atom. The minimum atomic E-state index is -0.485. The topological polar surface area (TPSA) is 89.8 Å². The predicted molar refractivity (Wildman–Crippen MR) is 83.1 cm³/mol. The smallest absolute Gasteiger partial charge is 0.407 e. The van der Waals surface area contributed by atoms with Crippen molar-refractivity contribution < 1.29 is 23.5 Å². The molecule has 7 heteroatoms. The Balaban J connectivity index is 1.66. The standard InChI is InChI=1S/C16H24N2O5/c1-16(2,3)23-15(20)18-11-7-10(8-11)17-9-12-5-6-13(22-12)14(19)21-4/h5-6,10-11,17H,7-9H2,1-4H3,(H,18,20). The summed E-state index contributed by atoms with van der Waals surface area (Å²) in [5.41, 5.74) is -0.484. The lowest BCUT2D eigenvalue weighted by Crippen LogP contribution is -2.52. The van der Waals surface area contributed by atoms with Crippen molar-refractivity contribution in [3.63, 3.8) is 0 Å². The molecule has 0 spiro atoms. The van der Waals surface area contributed by atoms with Crippen molar-refractivity contribution in [1.82, 2.24) is 10.6 Å². The van der Waals surface area contributed by atoms with E-state index in [9.17, 15) is 9.59 Å². The van der Waals surface area contributed by atoms with E-state index < -0.39 is 11.6 Å². The third-order valence-electron chi connectivity index (χ3n) is 3.47. The molecule has 0 radical (unpaired) electrons. The van der Waals surface area contributed by atoms with E-state index in [2.05, 4.69) is 15.4 Å². The summed E-state index contributed by atoms with van der Waals surface area (Å²) in [6.45, 7) is 6.04. The summed E-state index contributed by atoms with van der Waals surface area (Å²) in [7, 11) is 1.31. The van der Waals surface area contributed by atoms with Crippen LogP contribution in [-0.4, -0.2) is 36.9 Å². The molecular formula is C16H24N2O5. The van der Waals surface area contributed by atoms with Crippen molar-refractivity contribution in [2.24, 2.45) is 0 Å². The normalized spacial score (nSPS) is 20.5. The zero-order chi connectivity index (χ0) is 17.0. The largest absolute Gasteiger partial charge is 0.463 e. The fourth-order valence-electron chi connectivity index (χ4n) is 2.30. The van der Waals surface area contributed by atoms with Gasteiger partial charge in [-0.25, -0.2) is 9.59 Å². The summed E-state index contributed by atoms with van der Waals surface area (Å²) in [6.07, 6.45) is 1.29. The lowest BCUT2D eigenvalue weighted by atomic mass is 9.87. The quantitative estimate of drug-likeness (QED) is 0.807. The van der Waals surface area contributed by atoms with E-state index in [0.717, 1.165) is 12.8 Å².